The molecule has 0 spiro atoms. The Kier molecular flexibility index (Phi) is 2.51. The van der Waals surface area contributed by atoms with Crippen molar-refractivity contribution in [1.82, 2.24) is 0 Å². The third kappa shape index (κ3) is 1.38. The minimum Gasteiger partial charge on any atom is -0.370 e. The van der Waals surface area contributed by atoms with Crippen LogP contribution < -0.4 is 0 Å². The number of fused-ring (bicyclic) bond motifs is 4. The van der Waals surface area contributed by atoms with E-state index in [1.54, 1.807) is 0 Å². The number of rotatable bonds is 1. The first-order valence-electron chi connectivity index (χ1n) is 5.88. The molecular formula is C13H10F4O2. The van der Waals surface area contributed by atoms with Gasteiger partial charge in [0, 0.05) is 12.7 Å². The topological polar surface area (TPSA) is 26.3 Å². The van der Waals surface area contributed by atoms with Crippen molar-refractivity contribution >= 4 is 5.78 Å². The summed E-state index contributed by atoms with van der Waals surface area (Å²) in [6.45, 7) is 0. The van der Waals surface area contributed by atoms with Crippen LogP contribution in [0.4, 0.5) is 17.6 Å². The van der Waals surface area contributed by atoms with Crippen molar-refractivity contribution in [1.29, 1.82) is 0 Å². The highest BCUT2D eigenvalue weighted by atomic mass is 19.2. The average Bonchev–Trinajstić information content (AvgIpc) is 2.80. The van der Waals surface area contributed by atoms with Crippen molar-refractivity contribution in [3.05, 3.63) is 34.4 Å². The van der Waals surface area contributed by atoms with Crippen LogP contribution in [0.5, 0.6) is 0 Å². The van der Waals surface area contributed by atoms with E-state index in [1.165, 1.54) is 7.11 Å². The maximum Gasteiger partial charge on any atom is 0.198 e. The smallest absolute Gasteiger partial charge is 0.198 e. The van der Waals surface area contributed by atoms with Crippen LogP contribution in [0, 0.1) is 23.3 Å². The molecule has 2 bridgehead atoms. The van der Waals surface area contributed by atoms with Gasteiger partial charge in [0.2, 0.25) is 0 Å². The first kappa shape index (κ1) is 12.6. The molecule has 19 heavy (non-hydrogen) atoms. The second kappa shape index (κ2) is 3.79. The Morgan fingerprint density at radius 2 is 1.74 bits per heavy atom. The molecular weight excluding hydrogens is 264 g/mol. The van der Waals surface area contributed by atoms with Gasteiger partial charge in [-0.05, 0) is 25.2 Å². The first-order chi connectivity index (χ1) is 8.93. The lowest BCUT2D eigenvalue weighted by Crippen LogP contribution is -2.42. The van der Waals surface area contributed by atoms with Gasteiger partial charge in [0.1, 0.15) is 5.60 Å². The molecule has 2 unspecified atom stereocenters. The van der Waals surface area contributed by atoms with Crippen molar-refractivity contribution in [3.63, 3.8) is 0 Å². The molecule has 0 aromatic heterocycles. The summed E-state index contributed by atoms with van der Waals surface area (Å²) in [7, 11) is 1.30. The maximum absolute atomic E-state index is 13.8. The summed E-state index contributed by atoms with van der Waals surface area (Å²) >= 11 is 0. The minimum absolute atomic E-state index is 0.177. The number of carbonyl (C=O) groups excluding carboxylic acids is 1. The summed E-state index contributed by atoms with van der Waals surface area (Å²) in [6.07, 6.45) is 0.856. The summed E-state index contributed by atoms with van der Waals surface area (Å²) in [5.74, 6) is -8.20. The molecule has 1 aromatic rings. The highest BCUT2D eigenvalue weighted by Gasteiger charge is 2.54. The SMILES string of the molecule is COC12CCC(C1)c1c(F)c(F)c(F)c(F)c1C2=O. The maximum atomic E-state index is 13.8. The van der Waals surface area contributed by atoms with Gasteiger partial charge in [0.05, 0.1) is 5.56 Å². The van der Waals surface area contributed by atoms with Gasteiger partial charge >= 0.3 is 0 Å². The predicted molar refractivity (Wildman–Crippen MR) is 56.9 cm³/mol. The molecule has 2 aliphatic carbocycles. The lowest BCUT2D eigenvalue weighted by molar-refractivity contribution is 0.00254. The molecule has 0 amide bonds. The number of hydrogen-bond donors (Lipinski definition) is 0. The molecule has 0 heterocycles. The molecule has 0 N–H and O–H groups in total. The van der Waals surface area contributed by atoms with Gasteiger partial charge in [-0.15, -0.1) is 0 Å². The van der Waals surface area contributed by atoms with Crippen LogP contribution in [0.3, 0.4) is 0 Å². The van der Waals surface area contributed by atoms with Crippen molar-refractivity contribution in [3.8, 4) is 0 Å². The fourth-order valence-corrected chi connectivity index (χ4v) is 3.22. The second-order valence-electron chi connectivity index (χ2n) is 5.01. The van der Waals surface area contributed by atoms with Gasteiger partial charge in [-0.1, -0.05) is 0 Å². The molecule has 0 radical (unpaired) electrons. The van der Waals surface area contributed by atoms with E-state index >= 15 is 0 Å². The number of benzene rings is 1. The number of halogens is 4. The third-order valence-corrected chi connectivity index (χ3v) is 4.22. The Bertz CT molecular complexity index is 599. The Morgan fingerprint density at radius 3 is 2.37 bits per heavy atom. The van der Waals surface area contributed by atoms with E-state index in [0.29, 0.717) is 12.8 Å². The first-order valence-corrected chi connectivity index (χ1v) is 5.88. The third-order valence-electron chi connectivity index (χ3n) is 4.22. The van der Waals surface area contributed by atoms with E-state index in [0.717, 1.165) is 0 Å². The summed E-state index contributed by atoms with van der Waals surface area (Å²) in [5.41, 5.74) is -2.26. The van der Waals surface area contributed by atoms with E-state index in [4.69, 9.17) is 4.74 Å². The van der Waals surface area contributed by atoms with E-state index in [-0.39, 0.29) is 12.0 Å². The molecule has 6 heteroatoms. The number of hydrogen-bond acceptors (Lipinski definition) is 2. The van der Waals surface area contributed by atoms with Gasteiger partial charge in [-0.2, -0.15) is 0 Å². The molecule has 0 aliphatic heterocycles. The van der Waals surface area contributed by atoms with Crippen LogP contribution >= 0.6 is 0 Å². The van der Waals surface area contributed by atoms with Gasteiger partial charge in [-0.25, -0.2) is 17.6 Å². The van der Waals surface area contributed by atoms with Crippen LogP contribution in [-0.4, -0.2) is 18.5 Å². The van der Waals surface area contributed by atoms with E-state index in [9.17, 15) is 22.4 Å². The van der Waals surface area contributed by atoms with Gasteiger partial charge in [0.25, 0.3) is 0 Å². The largest absolute Gasteiger partial charge is 0.370 e. The fourth-order valence-electron chi connectivity index (χ4n) is 3.22. The van der Waals surface area contributed by atoms with Gasteiger partial charge in [0.15, 0.2) is 29.1 Å². The van der Waals surface area contributed by atoms with E-state index in [1.807, 2.05) is 0 Å². The fraction of sp³-hybridized carbons (Fsp3) is 0.462. The van der Waals surface area contributed by atoms with Crippen LogP contribution in [0.1, 0.15) is 41.1 Å². The zero-order valence-electron chi connectivity index (χ0n) is 10.0. The number of ketones is 1. The van der Waals surface area contributed by atoms with Crippen LogP contribution in [0.15, 0.2) is 0 Å². The zero-order chi connectivity index (χ0) is 13.9. The van der Waals surface area contributed by atoms with Crippen LogP contribution in [-0.2, 0) is 4.74 Å². The van der Waals surface area contributed by atoms with Gasteiger partial charge < -0.3 is 4.74 Å². The molecule has 2 aliphatic rings. The van der Waals surface area contributed by atoms with Crippen LogP contribution in [0.25, 0.3) is 0 Å². The van der Waals surface area contributed by atoms with Gasteiger partial charge in [-0.3, -0.25) is 4.79 Å². The molecule has 2 nitrogen and oxygen atoms in total. The number of ether oxygens (including phenoxy) is 1. The Balaban J connectivity index is 2.34. The summed E-state index contributed by atoms with van der Waals surface area (Å²) in [6, 6.07) is 0. The molecule has 2 atom stereocenters. The molecule has 102 valence electrons. The summed E-state index contributed by atoms with van der Waals surface area (Å²) in [4.78, 5) is 12.2. The highest BCUT2D eigenvalue weighted by molar-refractivity contribution is 6.06. The molecule has 1 saturated carbocycles. The summed E-state index contributed by atoms with van der Waals surface area (Å²) in [5, 5.41) is 0. The van der Waals surface area contributed by atoms with Crippen molar-refractivity contribution in [2.45, 2.75) is 30.8 Å². The highest BCUT2D eigenvalue weighted by Crippen LogP contribution is 2.51. The Morgan fingerprint density at radius 1 is 1.11 bits per heavy atom. The quantitative estimate of drug-likeness (QED) is 0.447. The lowest BCUT2D eigenvalue weighted by Gasteiger charge is -2.32. The van der Waals surface area contributed by atoms with E-state index < -0.39 is 46.1 Å². The normalized spacial score (nSPS) is 28.7. The van der Waals surface area contributed by atoms with Crippen molar-refractivity contribution in [2.75, 3.05) is 7.11 Å². The standard InChI is InChI=1S/C13H10F4O2/c1-19-13-3-2-5(4-13)6-7(12(13)18)9(15)11(17)10(16)8(6)14/h5H,2-4H2,1H3. The van der Waals surface area contributed by atoms with Crippen molar-refractivity contribution < 1.29 is 27.1 Å². The summed E-state index contributed by atoms with van der Waals surface area (Å²) < 4.78 is 59.3. The average molecular weight is 274 g/mol. The lowest BCUT2D eigenvalue weighted by atomic mass is 9.78. The second-order valence-corrected chi connectivity index (χ2v) is 5.01. The van der Waals surface area contributed by atoms with E-state index in [2.05, 4.69) is 0 Å². The molecule has 0 saturated heterocycles. The number of Topliss-reactive ketones (excluding diaryl/α,β-unsaturated/α-hetero) is 1. The zero-order valence-corrected chi connectivity index (χ0v) is 10.0. The predicted octanol–water partition coefficient (Wildman–Crippen LogP) is 3.09. The Hall–Kier alpha value is -1.43. The monoisotopic (exact) mass is 274 g/mol. The molecule has 1 aromatic carbocycles. The molecule has 3 rings (SSSR count). The molecule has 1 fully saturated rings. The number of carbonyl (C=O) groups is 1. The Labute approximate surface area is 106 Å². The van der Waals surface area contributed by atoms with Crippen molar-refractivity contribution in [2.24, 2.45) is 0 Å². The minimum atomic E-state index is -1.95. The number of methoxy groups -OCH3 is 1. The van der Waals surface area contributed by atoms with Crippen LogP contribution in [0.2, 0.25) is 0 Å².